The van der Waals surface area contributed by atoms with Gasteiger partial charge >= 0.3 is 0 Å². The highest BCUT2D eigenvalue weighted by Gasteiger charge is 2.02. The van der Waals surface area contributed by atoms with Crippen molar-refractivity contribution < 1.29 is 0 Å². The molecule has 0 saturated carbocycles. The summed E-state index contributed by atoms with van der Waals surface area (Å²) in [5.41, 5.74) is 1.90. The molecule has 0 saturated heterocycles. The number of nitrogens with zero attached hydrogens (tertiary/aromatic N) is 4. The van der Waals surface area contributed by atoms with Crippen molar-refractivity contribution in [1.29, 1.82) is 0 Å². The van der Waals surface area contributed by atoms with Crippen molar-refractivity contribution in [3.05, 3.63) is 59.1 Å². The quantitative estimate of drug-likeness (QED) is 0.758. The summed E-state index contributed by atoms with van der Waals surface area (Å²) in [6, 6.07) is 11.9. The number of imidazole rings is 1. The summed E-state index contributed by atoms with van der Waals surface area (Å²) >= 11 is 3.46. The van der Waals surface area contributed by atoms with Crippen LogP contribution in [0.1, 0.15) is 5.82 Å². The molecule has 0 unspecified atom stereocenters. The Bertz CT molecular complexity index is 751. The van der Waals surface area contributed by atoms with E-state index in [0.29, 0.717) is 0 Å². The standard InChI is InChI=1S/C16H16BrN5/c1-12-18-7-9-22(12)10-8-19-16-6-5-15(20-21-16)13-3-2-4-14(17)11-13/h2-7,9,11H,8,10H2,1H3,(H,19,21). The number of aromatic nitrogens is 4. The number of aryl methyl sites for hydroxylation is 1. The van der Waals surface area contributed by atoms with E-state index in [4.69, 9.17) is 0 Å². The van der Waals surface area contributed by atoms with Crippen molar-refractivity contribution in [3.63, 3.8) is 0 Å². The largest absolute Gasteiger partial charge is 0.367 e. The van der Waals surface area contributed by atoms with Gasteiger partial charge in [0.1, 0.15) is 11.6 Å². The summed E-state index contributed by atoms with van der Waals surface area (Å²) in [4.78, 5) is 4.20. The average molecular weight is 358 g/mol. The summed E-state index contributed by atoms with van der Waals surface area (Å²) in [5.74, 6) is 1.79. The summed E-state index contributed by atoms with van der Waals surface area (Å²) in [7, 11) is 0. The molecule has 1 aromatic carbocycles. The molecule has 0 radical (unpaired) electrons. The van der Waals surface area contributed by atoms with Gasteiger partial charge in [-0.2, -0.15) is 0 Å². The highest BCUT2D eigenvalue weighted by molar-refractivity contribution is 9.10. The first-order chi connectivity index (χ1) is 10.7. The van der Waals surface area contributed by atoms with Crippen LogP contribution in [0.5, 0.6) is 0 Å². The highest BCUT2D eigenvalue weighted by atomic mass is 79.9. The van der Waals surface area contributed by atoms with E-state index in [2.05, 4.69) is 41.0 Å². The molecule has 0 aliphatic carbocycles. The molecule has 6 heteroatoms. The zero-order valence-corrected chi connectivity index (χ0v) is 13.8. The maximum absolute atomic E-state index is 4.27. The smallest absolute Gasteiger partial charge is 0.148 e. The molecule has 0 bridgehead atoms. The van der Waals surface area contributed by atoms with E-state index in [-0.39, 0.29) is 0 Å². The lowest BCUT2D eigenvalue weighted by molar-refractivity contribution is 0.699. The maximum Gasteiger partial charge on any atom is 0.148 e. The lowest BCUT2D eigenvalue weighted by Gasteiger charge is -2.08. The predicted octanol–water partition coefficient (Wildman–Crippen LogP) is 3.52. The minimum Gasteiger partial charge on any atom is -0.367 e. The third-order valence-corrected chi connectivity index (χ3v) is 3.86. The Morgan fingerprint density at radius 3 is 2.77 bits per heavy atom. The molecule has 2 aromatic heterocycles. The van der Waals surface area contributed by atoms with Gasteiger partial charge < -0.3 is 9.88 Å². The molecule has 0 aliphatic heterocycles. The van der Waals surface area contributed by atoms with Gasteiger partial charge in [-0.3, -0.25) is 0 Å². The van der Waals surface area contributed by atoms with Crippen LogP contribution in [0.4, 0.5) is 5.82 Å². The molecular weight excluding hydrogens is 342 g/mol. The second kappa shape index (κ2) is 6.70. The van der Waals surface area contributed by atoms with Gasteiger partial charge in [-0.15, -0.1) is 10.2 Å². The fourth-order valence-corrected chi connectivity index (χ4v) is 2.57. The van der Waals surface area contributed by atoms with E-state index in [1.165, 1.54) is 0 Å². The van der Waals surface area contributed by atoms with Gasteiger partial charge in [0.15, 0.2) is 0 Å². The summed E-state index contributed by atoms with van der Waals surface area (Å²) in [6.45, 7) is 3.62. The molecule has 0 fully saturated rings. The molecule has 0 aliphatic rings. The van der Waals surface area contributed by atoms with E-state index in [0.717, 1.165) is 40.5 Å². The Labute approximate surface area is 137 Å². The van der Waals surface area contributed by atoms with Crippen molar-refractivity contribution >= 4 is 21.7 Å². The molecule has 3 rings (SSSR count). The van der Waals surface area contributed by atoms with Gasteiger partial charge in [0, 0.05) is 35.5 Å². The van der Waals surface area contributed by atoms with E-state index in [1.807, 2.05) is 55.7 Å². The Kier molecular flexibility index (Phi) is 4.48. The van der Waals surface area contributed by atoms with Crippen LogP contribution in [-0.2, 0) is 6.54 Å². The summed E-state index contributed by atoms with van der Waals surface area (Å²) in [6.07, 6.45) is 3.78. The SMILES string of the molecule is Cc1nccn1CCNc1ccc(-c2cccc(Br)c2)nn1. The number of nitrogens with one attached hydrogen (secondary N) is 1. The van der Waals surface area contributed by atoms with Crippen LogP contribution in [0, 0.1) is 6.92 Å². The first-order valence-electron chi connectivity index (χ1n) is 7.03. The van der Waals surface area contributed by atoms with Crippen molar-refractivity contribution in [2.45, 2.75) is 13.5 Å². The number of hydrogen-bond acceptors (Lipinski definition) is 4. The summed E-state index contributed by atoms with van der Waals surface area (Å²) < 4.78 is 3.13. The first kappa shape index (κ1) is 14.7. The van der Waals surface area contributed by atoms with Crippen LogP contribution in [0.3, 0.4) is 0 Å². The number of benzene rings is 1. The number of rotatable bonds is 5. The van der Waals surface area contributed by atoms with Crippen LogP contribution in [0.2, 0.25) is 0 Å². The molecule has 0 spiro atoms. The molecular formula is C16H16BrN5. The van der Waals surface area contributed by atoms with Crippen molar-refractivity contribution in [2.75, 3.05) is 11.9 Å². The predicted molar refractivity (Wildman–Crippen MR) is 90.6 cm³/mol. The highest BCUT2D eigenvalue weighted by Crippen LogP contribution is 2.21. The van der Waals surface area contributed by atoms with E-state index in [9.17, 15) is 0 Å². The average Bonchev–Trinajstić information content (AvgIpc) is 2.93. The van der Waals surface area contributed by atoms with Gasteiger partial charge in [-0.05, 0) is 31.2 Å². The minimum absolute atomic E-state index is 0.775. The molecule has 112 valence electrons. The molecule has 3 aromatic rings. The topological polar surface area (TPSA) is 55.6 Å². The van der Waals surface area contributed by atoms with Crippen LogP contribution in [-0.4, -0.2) is 26.3 Å². The molecule has 5 nitrogen and oxygen atoms in total. The van der Waals surface area contributed by atoms with Gasteiger partial charge in [-0.25, -0.2) is 4.98 Å². The van der Waals surface area contributed by atoms with E-state index >= 15 is 0 Å². The second-order valence-electron chi connectivity index (χ2n) is 4.91. The number of anilines is 1. The second-order valence-corrected chi connectivity index (χ2v) is 5.82. The van der Waals surface area contributed by atoms with Gasteiger partial charge in [0.25, 0.3) is 0 Å². The van der Waals surface area contributed by atoms with E-state index in [1.54, 1.807) is 0 Å². The molecule has 22 heavy (non-hydrogen) atoms. The maximum atomic E-state index is 4.27. The zero-order valence-electron chi connectivity index (χ0n) is 12.2. The number of hydrogen-bond donors (Lipinski definition) is 1. The minimum atomic E-state index is 0.775. The third kappa shape index (κ3) is 3.51. The van der Waals surface area contributed by atoms with Gasteiger partial charge in [0.2, 0.25) is 0 Å². The lowest BCUT2D eigenvalue weighted by Crippen LogP contribution is -2.12. The summed E-state index contributed by atoms with van der Waals surface area (Å²) in [5, 5.41) is 11.8. The van der Waals surface area contributed by atoms with Crippen LogP contribution < -0.4 is 5.32 Å². The van der Waals surface area contributed by atoms with Gasteiger partial charge in [0.05, 0.1) is 5.69 Å². The van der Waals surface area contributed by atoms with Crippen LogP contribution in [0.15, 0.2) is 53.3 Å². The normalized spacial score (nSPS) is 10.6. The Hall–Kier alpha value is -2.21. The first-order valence-corrected chi connectivity index (χ1v) is 7.83. The van der Waals surface area contributed by atoms with Crippen molar-refractivity contribution in [2.24, 2.45) is 0 Å². The van der Waals surface area contributed by atoms with Crippen molar-refractivity contribution in [3.8, 4) is 11.3 Å². The Balaban J connectivity index is 1.61. The fourth-order valence-electron chi connectivity index (χ4n) is 2.17. The fraction of sp³-hybridized carbons (Fsp3) is 0.188. The zero-order chi connectivity index (χ0) is 15.4. The Morgan fingerprint density at radius 1 is 1.18 bits per heavy atom. The molecule has 0 atom stereocenters. The van der Waals surface area contributed by atoms with E-state index < -0.39 is 0 Å². The molecule has 0 amide bonds. The Morgan fingerprint density at radius 2 is 2.09 bits per heavy atom. The number of halogens is 1. The van der Waals surface area contributed by atoms with Crippen LogP contribution in [0.25, 0.3) is 11.3 Å². The monoisotopic (exact) mass is 357 g/mol. The molecule has 1 N–H and O–H groups in total. The third-order valence-electron chi connectivity index (χ3n) is 3.37. The van der Waals surface area contributed by atoms with Crippen molar-refractivity contribution in [1.82, 2.24) is 19.7 Å². The van der Waals surface area contributed by atoms with Crippen LogP contribution >= 0.6 is 15.9 Å². The molecule has 2 heterocycles. The lowest BCUT2D eigenvalue weighted by atomic mass is 10.1. The van der Waals surface area contributed by atoms with Gasteiger partial charge in [-0.1, -0.05) is 28.1 Å².